The van der Waals surface area contributed by atoms with Gasteiger partial charge in [0.05, 0.1) is 22.3 Å². The van der Waals surface area contributed by atoms with Crippen molar-refractivity contribution in [3.05, 3.63) is 120 Å². The van der Waals surface area contributed by atoms with E-state index in [1.54, 1.807) is 0 Å². The molecule has 2 aliphatic rings. The molecule has 6 aromatic rings. The molecule has 0 spiro atoms. The molecule has 8 rings (SSSR count). The van der Waals surface area contributed by atoms with Crippen LogP contribution in [-0.2, 0) is 11.0 Å². The van der Waals surface area contributed by atoms with Crippen LogP contribution in [0.15, 0.2) is 103 Å². The minimum Gasteiger partial charge on any atom is -0.309 e. The van der Waals surface area contributed by atoms with Crippen molar-refractivity contribution in [3.8, 4) is 28.1 Å². The van der Waals surface area contributed by atoms with Crippen molar-refractivity contribution in [1.29, 1.82) is 0 Å². The lowest BCUT2D eigenvalue weighted by molar-refractivity contribution is -0.762. The van der Waals surface area contributed by atoms with E-state index >= 15 is 0 Å². The summed E-state index contributed by atoms with van der Waals surface area (Å²) in [5.41, 5.74) is 13.6. The minimum absolute atomic E-state index is 0.0467. The summed E-state index contributed by atoms with van der Waals surface area (Å²) in [7, 11) is 0. The molecule has 0 saturated heterocycles. The number of para-hydroxylation sites is 2. The van der Waals surface area contributed by atoms with E-state index in [-0.39, 0.29) is 11.0 Å². The molecule has 0 bridgehead atoms. The van der Waals surface area contributed by atoms with E-state index in [4.69, 9.17) is 0 Å². The quantitative estimate of drug-likeness (QED) is 0.194. The van der Waals surface area contributed by atoms with Gasteiger partial charge in [0.1, 0.15) is 0 Å². The fourth-order valence-electron chi connectivity index (χ4n) is 8.80. The minimum atomic E-state index is -0.0467. The van der Waals surface area contributed by atoms with Crippen molar-refractivity contribution in [2.24, 2.45) is 0 Å². The number of hydrogen-bond donors (Lipinski definition) is 0. The van der Waals surface area contributed by atoms with E-state index in [2.05, 4.69) is 147 Å². The van der Waals surface area contributed by atoms with Crippen LogP contribution < -0.4 is 4.57 Å². The molecule has 2 aromatic heterocycles. The molecule has 0 N–H and O–H groups in total. The number of rotatable bonds is 4. The maximum Gasteiger partial charge on any atom is 0.213 e. The highest BCUT2D eigenvalue weighted by molar-refractivity contribution is 6.12. The number of hydrogen-bond acceptors (Lipinski definition) is 0. The molecule has 2 nitrogen and oxygen atoms in total. The average Bonchev–Trinajstić information content (AvgIpc) is 3.37. The summed E-state index contributed by atoms with van der Waals surface area (Å²) in [6, 6.07) is 36.9. The summed E-state index contributed by atoms with van der Waals surface area (Å²) >= 11 is 0. The van der Waals surface area contributed by atoms with Gasteiger partial charge in [-0.25, -0.2) is 0 Å². The molecule has 4 aromatic carbocycles. The van der Waals surface area contributed by atoms with Crippen LogP contribution >= 0.6 is 0 Å². The van der Waals surface area contributed by atoms with Gasteiger partial charge in [-0.1, -0.05) is 89.2 Å². The Morgan fingerprint density at radius 2 is 1.45 bits per heavy atom. The first kappa shape index (κ1) is 25.5. The van der Waals surface area contributed by atoms with Crippen molar-refractivity contribution in [1.82, 2.24) is 4.57 Å². The zero-order valence-corrected chi connectivity index (χ0v) is 25.4. The molecule has 0 saturated carbocycles. The SMILES string of the molecule is CCC1c2ccc(-c3ccc4c(c3)c3cccc5c3n4-c3ccccc3C5(C)C)cc2-c2cccc[n+]2C1(CC)CC. The maximum atomic E-state index is 2.60. The van der Waals surface area contributed by atoms with Crippen LogP contribution in [0.25, 0.3) is 49.9 Å². The molecule has 0 radical (unpaired) electrons. The zero-order valence-electron chi connectivity index (χ0n) is 25.4. The molecular weight excluding hydrogens is 508 g/mol. The third-order valence-electron chi connectivity index (χ3n) is 10.9. The Labute approximate surface area is 249 Å². The second kappa shape index (κ2) is 8.91. The highest BCUT2D eigenvalue weighted by Gasteiger charge is 2.50. The Morgan fingerprint density at radius 1 is 0.714 bits per heavy atom. The fourth-order valence-corrected chi connectivity index (χ4v) is 8.80. The van der Waals surface area contributed by atoms with E-state index in [0.717, 1.165) is 19.3 Å². The highest BCUT2D eigenvalue weighted by Crippen LogP contribution is 2.49. The van der Waals surface area contributed by atoms with Gasteiger partial charge in [0.2, 0.25) is 5.69 Å². The van der Waals surface area contributed by atoms with Crippen molar-refractivity contribution in [2.45, 2.75) is 70.8 Å². The van der Waals surface area contributed by atoms with Gasteiger partial charge in [0, 0.05) is 47.1 Å². The third kappa shape index (κ3) is 3.13. The molecule has 0 amide bonds. The molecule has 0 aliphatic carbocycles. The van der Waals surface area contributed by atoms with Crippen LogP contribution in [0.5, 0.6) is 0 Å². The van der Waals surface area contributed by atoms with Crippen LogP contribution in [0, 0.1) is 0 Å². The number of benzene rings is 4. The lowest BCUT2D eigenvalue weighted by Crippen LogP contribution is -2.62. The molecule has 2 heteroatoms. The summed E-state index contributed by atoms with van der Waals surface area (Å²) in [6.45, 7) is 11.8. The summed E-state index contributed by atoms with van der Waals surface area (Å²) in [5, 5.41) is 2.67. The van der Waals surface area contributed by atoms with E-state index in [0.29, 0.717) is 5.92 Å². The predicted molar refractivity (Wildman–Crippen MR) is 176 cm³/mol. The molecule has 42 heavy (non-hydrogen) atoms. The van der Waals surface area contributed by atoms with Crippen LogP contribution in [0.1, 0.15) is 76.5 Å². The number of nitrogens with zero attached hydrogens (tertiary/aromatic N) is 2. The first-order chi connectivity index (χ1) is 20.4. The van der Waals surface area contributed by atoms with Gasteiger partial charge in [-0.15, -0.1) is 0 Å². The molecular formula is C40H39N2+. The molecule has 1 atom stereocenters. The normalized spacial score (nSPS) is 17.6. The third-order valence-corrected chi connectivity index (χ3v) is 10.9. The number of aromatic nitrogens is 2. The predicted octanol–water partition coefficient (Wildman–Crippen LogP) is 10.1. The summed E-state index contributed by atoms with van der Waals surface area (Å²) < 4.78 is 5.10. The summed E-state index contributed by atoms with van der Waals surface area (Å²) in [4.78, 5) is 0. The Kier molecular flexibility index (Phi) is 5.42. The van der Waals surface area contributed by atoms with Gasteiger partial charge in [0.25, 0.3) is 0 Å². The lowest BCUT2D eigenvalue weighted by atomic mass is 9.69. The van der Waals surface area contributed by atoms with Crippen molar-refractivity contribution < 1.29 is 4.57 Å². The van der Waals surface area contributed by atoms with E-state index < -0.39 is 0 Å². The van der Waals surface area contributed by atoms with E-state index in [1.165, 1.54) is 66.6 Å². The Hall–Kier alpha value is -4.17. The Balaban J connectivity index is 1.35. The molecule has 0 fully saturated rings. The number of fused-ring (bicyclic) bond motifs is 8. The van der Waals surface area contributed by atoms with Crippen molar-refractivity contribution >= 4 is 21.8 Å². The van der Waals surface area contributed by atoms with Gasteiger partial charge in [-0.3, -0.25) is 0 Å². The van der Waals surface area contributed by atoms with Crippen molar-refractivity contribution in [3.63, 3.8) is 0 Å². The zero-order chi connectivity index (χ0) is 28.8. The second-order valence-electron chi connectivity index (χ2n) is 12.9. The van der Waals surface area contributed by atoms with Crippen LogP contribution in [0.4, 0.5) is 0 Å². The topological polar surface area (TPSA) is 8.81 Å². The first-order valence-corrected chi connectivity index (χ1v) is 15.8. The Morgan fingerprint density at radius 3 is 2.26 bits per heavy atom. The summed E-state index contributed by atoms with van der Waals surface area (Å²) in [6.07, 6.45) is 5.72. The van der Waals surface area contributed by atoms with Crippen molar-refractivity contribution in [2.75, 3.05) is 0 Å². The van der Waals surface area contributed by atoms with Crippen LogP contribution in [0.3, 0.4) is 0 Å². The van der Waals surface area contributed by atoms with Gasteiger partial charge >= 0.3 is 0 Å². The van der Waals surface area contributed by atoms with Crippen LogP contribution in [0.2, 0.25) is 0 Å². The lowest BCUT2D eigenvalue weighted by Gasteiger charge is -2.39. The molecule has 1 unspecified atom stereocenters. The van der Waals surface area contributed by atoms with Gasteiger partial charge in [0.15, 0.2) is 11.7 Å². The number of pyridine rings is 1. The highest BCUT2D eigenvalue weighted by atomic mass is 15.1. The molecule has 208 valence electrons. The van der Waals surface area contributed by atoms with Gasteiger partial charge < -0.3 is 4.57 Å². The van der Waals surface area contributed by atoms with E-state index in [9.17, 15) is 0 Å². The van der Waals surface area contributed by atoms with Gasteiger partial charge in [-0.05, 0) is 64.6 Å². The molecule has 4 heterocycles. The largest absolute Gasteiger partial charge is 0.309 e. The van der Waals surface area contributed by atoms with Gasteiger partial charge in [-0.2, -0.15) is 4.57 Å². The Bertz CT molecular complexity index is 2040. The first-order valence-electron chi connectivity index (χ1n) is 15.8. The fraction of sp³-hybridized carbons (Fsp3) is 0.275. The average molecular weight is 548 g/mol. The maximum absolute atomic E-state index is 2.60. The smallest absolute Gasteiger partial charge is 0.213 e. The van der Waals surface area contributed by atoms with Crippen LogP contribution in [-0.4, -0.2) is 4.57 Å². The monoisotopic (exact) mass is 547 g/mol. The standard InChI is InChI=1S/C40H39N2/c1-6-32-28-21-19-26(24-30(28)35-17-11-12-23-41(35)40(32,7-2)8-3)27-20-22-36-31(25-27)29-14-13-16-34-38(29)42(36)37-18-10-9-15-33(37)39(34,4)5/h9-25,32H,6-8H2,1-5H3/q+1. The second-order valence-corrected chi connectivity index (χ2v) is 12.9. The summed E-state index contributed by atoms with van der Waals surface area (Å²) in [5.74, 6) is 0.500. The van der Waals surface area contributed by atoms with E-state index in [1.807, 2.05) is 0 Å². The molecule has 2 aliphatic heterocycles.